The summed E-state index contributed by atoms with van der Waals surface area (Å²) in [5.74, 6) is 0. The summed E-state index contributed by atoms with van der Waals surface area (Å²) in [6.45, 7) is 2.84. The molecule has 0 spiro atoms. The number of nitrogens with zero attached hydrogens (tertiary/aromatic N) is 3. The van der Waals surface area contributed by atoms with E-state index in [9.17, 15) is 0 Å². The highest BCUT2D eigenvalue weighted by Crippen LogP contribution is 2.30. The van der Waals surface area contributed by atoms with Gasteiger partial charge in [0.15, 0.2) is 0 Å². The molecule has 1 aromatic heterocycles. The van der Waals surface area contributed by atoms with E-state index in [4.69, 9.17) is 0 Å². The van der Waals surface area contributed by atoms with Gasteiger partial charge in [0.1, 0.15) is 5.01 Å². The van der Waals surface area contributed by atoms with Crippen molar-refractivity contribution in [3.05, 3.63) is 65.7 Å². The number of hydrogen-bond donors (Lipinski definition) is 1. The summed E-state index contributed by atoms with van der Waals surface area (Å²) in [5, 5.41) is 12.5. The molecule has 0 aliphatic heterocycles. The van der Waals surface area contributed by atoms with Gasteiger partial charge in [-0.25, -0.2) is 5.43 Å². The van der Waals surface area contributed by atoms with Crippen LogP contribution in [0.4, 0.5) is 5.13 Å². The summed E-state index contributed by atoms with van der Waals surface area (Å²) < 4.78 is 0. The van der Waals surface area contributed by atoms with Gasteiger partial charge in [0, 0.05) is 12.6 Å². The monoisotopic (exact) mass is 346 g/mol. The topological polar surface area (TPSA) is 41.0 Å². The molecule has 120 valence electrons. The van der Waals surface area contributed by atoms with E-state index in [2.05, 4.69) is 46.8 Å². The third-order valence-corrected chi connectivity index (χ3v) is 4.45. The molecule has 0 amide bonds. The molecule has 0 saturated carbocycles. The zero-order valence-electron chi connectivity index (χ0n) is 13.1. The molecule has 0 unspecified atom stereocenters. The Morgan fingerprint density at radius 3 is 2.39 bits per heavy atom. The van der Waals surface area contributed by atoms with Crippen LogP contribution in [0.25, 0.3) is 10.6 Å². The van der Waals surface area contributed by atoms with E-state index in [1.54, 1.807) is 11.3 Å². The molecule has 0 atom stereocenters. The first-order valence-corrected chi connectivity index (χ1v) is 7.98. The Labute approximate surface area is 146 Å². The quantitative estimate of drug-likeness (QED) is 0.707. The minimum atomic E-state index is 0. The lowest BCUT2D eigenvalue weighted by molar-refractivity contribution is 0.693. The third-order valence-electron chi connectivity index (χ3n) is 3.47. The lowest BCUT2D eigenvalue weighted by Gasteiger charge is -2.19. The predicted octanol–water partition coefficient (Wildman–Crippen LogP) is 4.08. The van der Waals surface area contributed by atoms with E-state index in [0.717, 1.165) is 22.2 Å². The van der Waals surface area contributed by atoms with Crippen LogP contribution in [0.1, 0.15) is 11.1 Å². The number of nitrogens with one attached hydrogen (secondary N) is 1. The Morgan fingerprint density at radius 2 is 1.70 bits per heavy atom. The molecule has 6 heteroatoms. The van der Waals surface area contributed by atoms with Crippen LogP contribution in [0.3, 0.4) is 0 Å². The van der Waals surface area contributed by atoms with Crippen LogP contribution in [0, 0.1) is 6.92 Å². The fourth-order valence-electron chi connectivity index (χ4n) is 2.25. The van der Waals surface area contributed by atoms with Gasteiger partial charge in [-0.15, -0.1) is 22.6 Å². The van der Waals surface area contributed by atoms with Crippen molar-refractivity contribution in [2.75, 3.05) is 12.1 Å². The number of aryl methyl sites for hydroxylation is 1. The molecule has 0 saturated heterocycles. The first-order chi connectivity index (χ1) is 10.8. The van der Waals surface area contributed by atoms with E-state index < -0.39 is 0 Å². The molecule has 1 N–H and O–H groups in total. The maximum absolute atomic E-state index is 4.34. The Bertz CT molecular complexity index is 745. The van der Waals surface area contributed by atoms with E-state index in [0.29, 0.717) is 0 Å². The van der Waals surface area contributed by atoms with Crippen molar-refractivity contribution in [2.24, 2.45) is 0 Å². The van der Waals surface area contributed by atoms with Crippen LogP contribution in [0.2, 0.25) is 0 Å². The van der Waals surface area contributed by atoms with E-state index in [1.165, 1.54) is 11.1 Å². The highest BCUT2D eigenvalue weighted by Gasteiger charge is 2.14. The summed E-state index contributed by atoms with van der Waals surface area (Å²) in [7, 11) is 1.90. The maximum atomic E-state index is 4.34. The average molecular weight is 347 g/mol. The Morgan fingerprint density at radius 1 is 1.00 bits per heavy atom. The molecule has 0 fully saturated rings. The average Bonchev–Trinajstić information content (AvgIpc) is 3.03. The number of halogens is 1. The largest absolute Gasteiger partial charge is 0.278 e. The Balaban J connectivity index is 0.00000192. The maximum Gasteiger partial charge on any atom is 0.223 e. The standard InChI is InChI=1S/C17H18N4S.ClH/c1-13-8-6-7-11-15(13)16-19-20-17(22-16)21(18-2)12-14-9-4-3-5-10-14;/h3-11,18H,12H2,1-2H3;1H. The van der Waals surface area contributed by atoms with Crippen molar-refractivity contribution in [1.82, 2.24) is 15.6 Å². The Kier molecular flexibility index (Phi) is 6.10. The lowest BCUT2D eigenvalue weighted by atomic mass is 10.1. The third kappa shape index (κ3) is 4.07. The zero-order chi connectivity index (χ0) is 15.4. The number of hydrogen-bond acceptors (Lipinski definition) is 5. The van der Waals surface area contributed by atoms with Crippen molar-refractivity contribution in [1.29, 1.82) is 0 Å². The van der Waals surface area contributed by atoms with Crippen molar-refractivity contribution in [2.45, 2.75) is 13.5 Å². The summed E-state index contributed by atoms with van der Waals surface area (Å²) in [6, 6.07) is 18.6. The predicted molar refractivity (Wildman–Crippen MR) is 99.0 cm³/mol. The fraction of sp³-hybridized carbons (Fsp3) is 0.176. The Hall–Kier alpha value is -1.95. The first kappa shape index (κ1) is 17.4. The minimum absolute atomic E-state index is 0. The zero-order valence-corrected chi connectivity index (χ0v) is 14.7. The van der Waals surface area contributed by atoms with Gasteiger partial charge in [-0.3, -0.25) is 5.01 Å². The van der Waals surface area contributed by atoms with E-state index in [1.807, 2.05) is 42.4 Å². The molecule has 0 radical (unpaired) electrons. The molecule has 0 bridgehead atoms. The summed E-state index contributed by atoms with van der Waals surface area (Å²) >= 11 is 1.59. The minimum Gasteiger partial charge on any atom is -0.278 e. The smallest absolute Gasteiger partial charge is 0.223 e. The molecular formula is C17H19ClN4S. The number of aromatic nitrogens is 2. The van der Waals surface area contributed by atoms with Crippen molar-refractivity contribution in [3.8, 4) is 10.6 Å². The second kappa shape index (κ2) is 8.06. The summed E-state index contributed by atoms with van der Waals surface area (Å²) in [4.78, 5) is 0. The molecule has 23 heavy (non-hydrogen) atoms. The SMILES string of the molecule is CNN(Cc1ccccc1)c1nnc(-c2ccccc2C)s1.Cl. The van der Waals surface area contributed by atoms with Gasteiger partial charge in [0.05, 0.1) is 6.54 Å². The lowest BCUT2D eigenvalue weighted by Crippen LogP contribution is -2.34. The van der Waals surface area contributed by atoms with E-state index >= 15 is 0 Å². The van der Waals surface area contributed by atoms with Gasteiger partial charge < -0.3 is 0 Å². The molecule has 2 aromatic carbocycles. The van der Waals surface area contributed by atoms with Crippen LogP contribution in [-0.4, -0.2) is 17.2 Å². The van der Waals surface area contributed by atoms with Crippen LogP contribution in [-0.2, 0) is 6.54 Å². The fourth-order valence-corrected chi connectivity index (χ4v) is 3.20. The molecular weight excluding hydrogens is 328 g/mol. The second-order valence-corrected chi connectivity index (χ2v) is 5.96. The molecule has 3 rings (SSSR count). The highest BCUT2D eigenvalue weighted by atomic mass is 35.5. The van der Waals surface area contributed by atoms with Gasteiger partial charge >= 0.3 is 0 Å². The van der Waals surface area contributed by atoms with Crippen molar-refractivity contribution in [3.63, 3.8) is 0 Å². The van der Waals surface area contributed by atoms with Crippen LogP contribution >= 0.6 is 23.7 Å². The highest BCUT2D eigenvalue weighted by molar-refractivity contribution is 7.18. The van der Waals surface area contributed by atoms with Gasteiger partial charge in [-0.1, -0.05) is 65.9 Å². The van der Waals surface area contributed by atoms with Gasteiger partial charge in [-0.05, 0) is 18.1 Å². The normalized spacial score (nSPS) is 10.2. The second-order valence-electron chi connectivity index (χ2n) is 5.00. The van der Waals surface area contributed by atoms with Crippen LogP contribution in [0.15, 0.2) is 54.6 Å². The van der Waals surface area contributed by atoms with Gasteiger partial charge in [-0.2, -0.15) is 0 Å². The molecule has 1 heterocycles. The van der Waals surface area contributed by atoms with E-state index in [-0.39, 0.29) is 12.4 Å². The molecule has 3 aromatic rings. The van der Waals surface area contributed by atoms with Crippen molar-refractivity contribution >= 4 is 28.9 Å². The molecule has 0 aliphatic rings. The van der Waals surface area contributed by atoms with Gasteiger partial charge in [0.25, 0.3) is 0 Å². The summed E-state index contributed by atoms with van der Waals surface area (Å²) in [5.41, 5.74) is 6.77. The number of benzene rings is 2. The summed E-state index contributed by atoms with van der Waals surface area (Å²) in [6.07, 6.45) is 0. The van der Waals surface area contributed by atoms with Crippen LogP contribution in [0.5, 0.6) is 0 Å². The molecule has 0 aliphatic carbocycles. The number of rotatable bonds is 5. The van der Waals surface area contributed by atoms with Gasteiger partial charge in [0.2, 0.25) is 5.13 Å². The number of anilines is 1. The van der Waals surface area contributed by atoms with Crippen LogP contribution < -0.4 is 10.4 Å². The molecule has 4 nitrogen and oxygen atoms in total. The van der Waals surface area contributed by atoms with Crippen molar-refractivity contribution < 1.29 is 0 Å². The first-order valence-electron chi connectivity index (χ1n) is 7.16. The number of hydrazine groups is 1.